The van der Waals surface area contributed by atoms with E-state index in [0.29, 0.717) is 0 Å². The lowest BCUT2D eigenvalue weighted by molar-refractivity contribution is -0.144. The summed E-state index contributed by atoms with van der Waals surface area (Å²) in [7, 11) is 0. The molecule has 1 aromatic heterocycles. The zero-order chi connectivity index (χ0) is 15.8. The van der Waals surface area contributed by atoms with E-state index in [-0.39, 0.29) is 30.0 Å². The van der Waals surface area contributed by atoms with E-state index in [4.69, 9.17) is 21.4 Å². The first-order valence-electron chi connectivity index (χ1n) is 6.24. The molecular weight excluding hydrogens is 300 g/mol. The number of ether oxygens (including phenoxy) is 1. The number of halogens is 1. The van der Waals surface area contributed by atoms with Gasteiger partial charge in [-0.2, -0.15) is 0 Å². The predicted octanol–water partition coefficient (Wildman–Crippen LogP) is 1.26. The van der Waals surface area contributed by atoms with Crippen LogP contribution in [-0.2, 0) is 14.3 Å². The Labute approximate surface area is 126 Å². The van der Waals surface area contributed by atoms with Gasteiger partial charge in [-0.15, -0.1) is 0 Å². The van der Waals surface area contributed by atoms with E-state index in [1.807, 2.05) is 0 Å². The van der Waals surface area contributed by atoms with E-state index >= 15 is 0 Å². The van der Waals surface area contributed by atoms with Crippen molar-refractivity contribution in [2.45, 2.75) is 25.8 Å². The highest BCUT2D eigenvalue weighted by atomic mass is 35.5. The van der Waals surface area contributed by atoms with Crippen molar-refractivity contribution in [1.29, 1.82) is 0 Å². The summed E-state index contributed by atoms with van der Waals surface area (Å²) in [5.74, 6) is -2.39. The van der Waals surface area contributed by atoms with Crippen LogP contribution in [0.25, 0.3) is 0 Å². The molecule has 1 atom stereocenters. The van der Waals surface area contributed by atoms with Crippen LogP contribution < -0.4 is 5.32 Å². The summed E-state index contributed by atoms with van der Waals surface area (Å²) < 4.78 is 4.71. The van der Waals surface area contributed by atoms with E-state index in [1.165, 1.54) is 18.5 Å². The molecule has 0 fully saturated rings. The first kappa shape index (κ1) is 16.9. The number of esters is 1. The van der Waals surface area contributed by atoms with Crippen LogP contribution in [0, 0.1) is 0 Å². The average molecular weight is 315 g/mol. The van der Waals surface area contributed by atoms with E-state index in [2.05, 4.69) is 10.3 Å². The first-order valence-corrected chi connectivity index (χ1v) is 6.62. The number of aromatic nitrogens is 1. The molecule has 0 radical (unpaired) electrons. The molecule has 0 aliphatic carbocycles. The second-order valence-electron chi connectivity index (χ2n) is 4.06. The molecule has 1 rings (SSSR count). The van der Waals surface area contributed by atoms with Crippen molar-refractivity contribution in [1.82, 2.24) is 10.3 Å². The van der Waals surface area contributed by atoms with Crippen molar-refractivity contribution < 1.29 is 24.2 Å². The van der Waals surface area contributed by atoms with Crippen LogP contribution in [-0.4, -0.2) is 40.6 Å². The number of hydrogen-bond donors (Lipinski definition) is 2. The number of carbonyl (C=O) groups excluding carboxylic acids is 2. The SMILES string of the molecule is CCOC(=O)CC[C@H](NC(=O)c1ccncc1Cl)C(=O)O. The lowest BCUT2D eigenvalue weighted by Crippen LogP contribution is -2.41. The third-order valence-corrected chi connectivity index (χ3v) is 2.86. The number of nitrogens with one attached hydrogen (secondary N) is 1. The summed E-state index contributed by atoms with van der Waals surface area (Å²) in [6.07, 6.45) is 2.48. The van der Waals surface area contributed by atoms with Gasteiger partial charge in [0.05, 0.1) is 17.2 Å². The van der Waals surface area contributed by atoms with Gasteiger partial charge >= 0.3 is 11.9 Å². The molecule has 0 unspecified atom stereocenters. The molecule has 2 N–H and O–H groups in total. The predicted molar refractivity (Wildman–Crippen MR) is 74.0 cm³/mol. The zero-order valence-corrected chi connectivity index (χ0v) is 12.1. The van der Waals surface area contributed by atoms with Crippen molar-refractivity contribution >= 4 is 29.4 Å². The van der Waals surface area contributed by atoms with Gasteiger partial charge in [-0.05, 0) is 19.4 Å². The van der Waals surface area contributed by atoms with Gasteiger partial charge in [-0.3, -0.25) is 14.6 Å². The molecular formula is C13H15ClN2O5. The van der Waals surface area contributed by atoms with Gasteiger partial charge in [-0.25, -0.2) is 4.79 Å². The first-order chi connectivity index (χ1) is 9.95. The Morgan fingerprint density at radius 1 is 1.48 bits per heavy atom. The highest BCUT2D eigenvalue weighted by molar-refractivity contribution is 6.33. The van der Waals surface area contributed by atoms with Crippen molar-refractivity contribution in [3.8, 4) is 0 Å². The van der Waals surface area contributed by atoms with E-state index < -0.39 is 23.9 Å². The van der Waals surface area contributed by atoms with E-state index in [9.17, 15) is 14.4 Å². The van der Waals surface area contributed by atoms with Crippen LogP contribution in [0.1, 0.15) is 30.1 Å². The molecule has 1 amide bonds. The summed E-state index contributed by atoms with van der Waals surface area (Å²) in [6, 6.07) is 0.174. The van der Waals surface area contributed by atoms with Gasteiger partial charge in [0.15, 0.2) is 0 Å². The molecule has 0 saturated carbocycles. The fourth-order valence-corrected chi connectivity index (χ4v) is 1.75. The number of aliphatic carboxylic acids is 1. The summed E-state index contributed by atoms with van der Waals surface area (Å²) >= 11 is 5.81. The number of rotatable bonds is 7. The summed E-state index contributed by atoms with van der Waals surface area (Å²) in [4.78, 5) is 38.0. The number of nitrogens with zero attached hydrogens (tertiary/aromatic N) is 1. The molecule has 0 aliphatic heterocycles. The van der Waals surface area contributed by atoms with Gasteiger partial charge in [0.1, 0.15) is 6.04 Å². The number of hydrogen-bond acceptors (Lipinski definition) is 5. The van der Waals surface area contributed by atoms with Crippen LogP contribution in [0.3, 0.4) is 0 Å². The van der Waals surface area contributed by atoms with Gasteiger partial charge in [-0.1, -0.05) is 11.6 Å². The van der Waals surface area contributed by atoms with Gasteiger partial charge < -0.3 is 15.2 Å². The molecule has 0 aromatic carbocycles. The Kier molecular flexibility index (Phi) is 6.61. The molecule has 0 spiro atoms. The minimum Gasteiger partial charge on any atom is -0.480 e. The highest BCUT2D eigenvalue weighted by Crippen LogP contribution is 2.13. The standard InChI is InChI=1S/C13H15ClN2O5/c1-2-21-11(17)4-3-10(13(19)20)16-12(18)8-5-6-15-7-9(8)14/h5-7,10H,2-4H2,1H3,(H,16,18)(H,19,20)/t10-/m0/s1. The van der Waals surface area contributed by atoms with Gasteiger partial charge in [0.2, 0.25) is 0 Å². The van der Waals surface area contributed by atoms with Crippen LogP contribution in [0.2, 0.25) is 5.02 Å². The minimum absolute atomic E-state index is 0.0669. The average Bonchev–Trinajstić information content (AvgIpc) is 2.43. The maximum Gasteiger partial charge on any atom is 0.326 e. The van der Waals surface area contributed by atoms with Gasteiger partial charge in [0, 0.05) is 18.8 Å². The summed E-state index contributed by atoms with van der Waals surface area (Å²) in [5.41, 5.74) is 0.119. The monoisotopic (exact) mass is 314 g/mol. The Morgan fingerprint density at radius 3 is 2.76 bits per heavy atom. The molecule has 21 heavy (non-hydrogen) atoms. The second kappa shape index (κ2) is 8.21. The maximum atomic E-state index is 11.9. The van der Waals surface area contributed by atoms with E-state index in [0.717, 1.165) is 0 Å². The molecule has 0 aliphatic rings. The normalized spacial score (nSPS) is 11.5. The van der Waals surface area contributed by atoms with Crippen LogP contribution >= 0.6 is 11.6 Å². The highest BCUT2D eigenvalue weighted by Gasteiger charge is 2.22. The van der Waals surface area contributed by atoms with Crippen LogP contribution in [0.4, 0.5) is 0 Å². The number of carboxylic acid groups (broad SMARTS) is 1. The molecule has 1 heterocycles. The van der Waals surface area contributed by atoms with Crippen molar-refractivity contribution in [3.05, 3.63) is 29.0 Å². The second-order valence-corrected chi connectivity index (χ2v) is 4.47. The topological polar surface area (TPSA) is 106 Å². The number of pyridine rings is 1. The Morgan fingerprint density at radius 2 is 2.19 bits per heavy atom. The lowest BCUT2D eigenvalue weighted by atomic mass is 10.1. The smallest absolute Gasteiger partial charge is 0.326 e. The quantitative estimate of drug-likeness (QED) is 0.734. The summed E-state index contributed by atoms with van der Waals surface area (Å²) in [6.45, 7) is 1.87. The Balaban J connectivity index is 2.66. The third kappa shape index (κ3) is 5.39. The number of carboxylic acids is 1. The Hall–Kier alpha value is -2.15. The van der Waals surface area contributed by atoms with Crippen LogP contribution in [0.15, 0.2) is 18.5 Å². The number of amides is 1. The van der Waals surface area contributed by atoms with Crippen molar-refractivity contribution in [2.24, 2.45) is 0 Å². The molecule has 0 saturated heterocycles. The third-order valence-electron chi connectivity index (χ3n) is 2.56. The van der Waals surface area contributed by atoms with Crippen LogP contribution in [0.5, 0.6) is 0 Å². The zero-order valence-electron chi connectivity index (χ0n) is 11.3. The summed E-state index contributed by atoms with van der Waals surface area (Å²) in [5, 5.41) is 11.5. The minimum atomic E-state index is -1.24. The molecule has 1 aromatic rings. The molecule has 7 nitrogen and oxygen atoms in total. The largest absolute Gasteiger partial charge is 0.480 e. The number of carbonyl (C=O) groups is 3. The van der Waals surface area contributed by atoms with E-state index in [1.54, 1.807) is 6.92 Å². The fourth-order valence-electron chi connectivity index (χ4n) is 1.55. The maximum absolute atomic E-state index is 11.9. The lowest BCUT2D eigenvalue weighted by Gasteiger charge is -2.14. The fraction of sp³-hybridized carbons (Fsp3) is 0.385. The van der Waals surface area contributed by atoms with Gasteiger partial charge in [0.25, 0.3) is 5.91 Å². The Bertz CT molecular complexity index is 535. The molecule has 0 bridgehead atoms. The molecule has 8 heteroatoms. The van der Waals surface area contributed by atoms with Crippen molar-refractivity contribution in [3.63, 3.8) is 0 Å². The van der Waals surface area contributed by atoms with Crippen molar-refractivity contribution in [2.75, 3.05) is 6.61 Å². The molecule has 114 valence electrons.